The fourth-order valence-electron chi connectivity index (χ4n) is 3.49. The smallest absolute Gasteiger partial charge is 0.227 e. The Labute approximate surface area is 154 Å². The van der Waals surface area contributed by atoms with Gasteiger partial charge in [0.05, 0.1) is 23.4 Å². The van der Waals surface area contributed by atoms with Gasteiger partial charge in [0.2, 0.25) is 5.91 Å². The van der Waals surface area contributed by atoms with E-state index in [9.17, 15) is 13.2 Å². The second-order valence-electron chi connectivity index (χ2n) is 6.66. The third kappa shape index (κ3) is 4.40. The Hall–Kier alpha value is -1.99. The third-order valence-corrected chi connectivity index (χ3v) is 6.53. The Bertz CT molecular complexity index is 877. The number of hydrogen-bond acceptors (Lipinski definition) is 5. The number of sulfone groups is 1. The molecule has 1 unspecified atom stereocenters. The lowest BCUT2D eigenvalue weighted by Gasteiger charge is -2.28. The SMILES string of the molecule is COCCCN(C(=O)Cc1cccc2cccnc12)C1CCS(=O)(=O)C1. The molecule has 1 saturated heterocycles. The summed E-state index contributed by atoms with van der Waals surface area (Å²) in [6.07, 6.45) is 3.13. The number of carbonyl (C=O) groups excluding carboxylic acids is 1. The molecule has 0 radical (unpaired) electrons. The topological polar surface area (TPSA) is 76.6 Å². The van der Waals surface area contributed by atoms with Gasteiger partial charge in [-0.05, 0) is 24.5 Å². The van der Waals surface area contributed by atoms with E-state index in [0.29, 0.717) is 26.0 Å². The first kappa shape index (κ1) is 18.8. The summed E-state index contributed by atoms with van der Waals surface area (Å²) in [5.74, 6) is 0.155. The van der Waals surface area contributed by atoms with Gasteiger partial charge in [-0.3, -0.25) is 9.78 Å². The molecule has 1 aromatic heterocycles. The average molecular weight is 376 g/mol. The molecule has 3 rings (SSSR count). The number of fused-ring (bicyclic) bond motifs is 1. The van der Waals surface area contributed by atoms with Crippen LogP contribution in [0.1, 0.15) is 18.4 Å². The van der Waals surface area contributed by atoms with E-state index < -0.39 is 9.84 Å². The Balaban J connectivity index is 1.80. The Morgan fingerprint density at radius 2 is 2.12 bits per heavy atom. The summed E-state index contributed by atoms with van der Waals surface area (Å²) in [5, 5.41) is 0.993. The molecule has 26 heavy (non-hydrogen) atoms. The lowest BCUT2D eigenvalue weighted by molar-refractivity contribution is -0.132. The molecule has 0 bridgehead atoms. The van der Waals surface area contributed by atoms with E-state index in [-0.39, 0.29) is 29.9 Å². The number of rotatable bonds is 7. The summed E-state index contributed by atoms with van der Waals surface area (Å²) in [7, 11) is -1.43. The number of para-hydroxylation sites is 1. The fraction of sp³-hybridized carbons (Fsp3) is 0.474. The molecule has 1 amide bonds. The molecular formula is C19H24N2O4S. The summed E-state index contributed by atoms with van der Waals surface area (Å²) in [4.78, 5) is 19.1. The second-order valence-corrected chi connectivity index (χ2v) is 8.89. The molecule has 7 heteroatoms. The zero-order chi connectivity index (χ0) is 18.6. The molecular weight excluding hydrogens is 352 g/mol. The monoisotopic (exact) mass is 376 g/mol. The number of benzene rings is 1. The molecule has 0 aliphatic carbocycles. The first-order valence-corrected chi connectivity index (χ1v) is 10.6. The standard InChI is InChI=1S/C19H24N2O4S/c1-25-11-4-10-21(17-8-12-26(23,24)14-17)18(22)13-16-6-2-5-15-7-3-9-20-19(15)16/h2-3,5-7,9,17H,4,8,10-14H2,1H3. The summed E-state index contributed by atoms with van der Waals surface area (Å²) < 4.78 is 28.8. The molecule has 1 fully saturated rings. The van der Waals surface area contributed by atoms with Gasteiger partial charge in [-0.25, -0.2) is 8.42 Å². The first-order valence-electron chi connectivity index (χ1n) is 8.81. The molecule has 1 aliphatic heterocycles. The van der Waals surface area contributed by atoms with E-state index in [2.05, 4.69) is 4.98 Å². The van der Waals surface area contributed by atoms with Crippen molar-refractivity contribution in [3.8, 4) is 0 Å². The molecule has 1 aliphatic rings. The van der Waals surface area contributed by atoms with Gasteiger partial charge in [-0.15, -0.1) is 0 Å². The molecule has 1 aromatic carbocycles. The largest absolute Gasteiger partial charge is 0.385 e. The van der Waals surface area contributed by atoms with Crippen LogP contribution in [0, 0.1) is 0 Å². The predicted octanol–water partition coefficient (Wildman–Crippen LogP) is 1.83. The van der Waals surface area contributed by atoms with Gasteiger partial charge >= 0.3 is 0 Å². The van der Waals surface area contributed by atoms with Crippen LogP contribution in [-0.2, 0) is 25.8 Å². The molecule has 6 nitrogen and oxygen atoms in total. The third-order valence-electron chi connectivity index (χ3n) is 4.77. The number of nitrogens with zero attached hydrogens (tertiary/aromatic N) is 2. The van der Waals surface area contributed by atoms with Crippen LogP contribution in [0.3, 0.4) is 0 Å². The van der Waals surface area contributed by atoms with Crippen LogP contribution in [0.4, 0.5) is 0 Å². The summed E-state index contributed by atoms with van der Waals surface area (Å²) in [5.41, 5.74) is 1.69. The molecule has 0 N–H and O–H groups in total. The molecule has 140 valence electrons. The van der Waals surface area contributed by atoms with Gasteiger partial charge in [0.1, 0.15) is 0 Å². The zero-order valence-electron chi connectivity index (χ0n) is 14.9. The van der Waals surface area contributed by atoms with Crippen LogP contribution in [0.5, 0.6) is 0 Å². The lowest BCUT2D eigenvalue weighted by atomic mass is 10.1. The van der Waals surface area contributed by atoms with Crippen molar-refractivity contribution >= 4 is 26.6 Å². The maximum atomic E-state index is 13.0. The van der Waals surface area contributed by atoms with E-state index in [0.717, 1.165) is 16.5 Å². The van der Waals surface area contributed by atoms with Gasteiger partial charge in [-0.1, -0.05) is 24.3 Å². The number of hydrogen-bond donors (Lipinski definition) is 0. The van der Waals surface area contributed by atoms with Crippen molar-refractivity contribution in [3.63, 3.8) is 0 Å². The van der Waals surface area contributed by atoms with E-state index in [1.807, 2.05) is 30.3 Å². The first-order chi connectivity index (χ1) is 12.5. The van der Waals surface area contributed by atoms with Crippen molar-refractivity contribution in [2.45, 2.75) is 25.3 Å². The number of aromatic nitrogens is 1. The summed E-state index contributed by atoms with van der Waals surface area (Å²) in [6, 6.07) is 9.39. The van der Waals surface area contributed by atoms with Gasteiger partial charge in [0.25, 0.3) is 0 Å². The highest BCUT2D eigenvalue weighted by molar-refractivity contribution is 7.91. The second kappa shape index (κ2) is 8.14. The number of methoxy groups -OCH3 is 1. The Kier molecular flexibility index (Phi) is 5.88. The van der Waals surface area contributed by atoms with E-state index in [1.165, 1.54) is 0 Å². The van der Waals surface area contributed by atoms with Crippen LogP contribution < -0.4 is 0 Å². The fourth-order valence-corrected chi connectivity index (χ4v) is 5.22. The van der Waals surface area contributed by atoms with Crippen molar-refractivity contribution in [2.24, 2.45) is 0 Å². The van der Waals surface area contributed by atoms with Crippen LogP contribution in [0.15, 0.2) is 36.5 Å². The van der Waals surface area contributed by atoms with Crippen LogP contribution >= 0.6 is 0 Å². The zero-order valence-corrected chi connectivity index (χ0v) is 15.7. The van der Waals surface area contributed by atoms with Gasteiger partial charge in [-0.2, -0.15) is 0 Å². The predicted molar refractivity (Wildman–Crippen MR) is 101 cm³/mol. The van der Waals surface area contributed by atoms with Crippen molar-refractivity contribution in [1.82, 2.24) is 9.88 Å². The molecule has 0 spiro atoms. The van der Waals surface area contributed by atoms with Crippen LogP contribution in [0.25, 0.3) is 10.9 Å². The van der Waals surface area contributed by atoms with E-state index >= 15 is 0 Å². The molecule has 1 atom stereocenters. The Morgan fingerprint density at radius 3 is 2.85 bits per heavy atom. The Morgan fingerprint density at radius 1 is 1.31 bits per heavy atom. The highest BCUT2D eigenvalue weighted by Gasteiger charge is 2.34. The lowest BCUT2D eigenvalue weighted by Crippen LogP contribution is -2.43. The van der Waals surface area contributed by atoms with Crippen molar-refractivity contribution in [1.29, 1.82) is 0 Å². The highest BCUT2D eigenvalue weighted by Crippen LogP contribution is 2.21. The minimum Gasteiger partial charge on any atom is -0.385 e. The van der Waals surface area contributed by atoms with Gasteiger partial charge in [0, 0.05) is 37.9 Å². The minimum atomic E-state index is -3.05. The van der Waals surface area contributed by atoms with Gasteiger partial charge < -0.3 is 9.64 Å². The van der Waals surface area contributed by atoms with Gasteiger partial charge in [0.15, 0.2) is 9.84 Å². The van der Waals surface area contributed by atoms with E-state index in [4.69, 9.17) is 4.74 Å². The summed E-state index contributed by atoms with van der Waals surface area (Å²) >= 11 is 0. The van der Waals surface area contributed by atoms with Crippen LogP contribution in [-0.4, -0.2) is 62.0 Å². The molecule has 2 aromatic rings. The minimum absolute atomic E-state index is 0.0543. The normalized spacial score (nSPS) is 18.9. The highest BCUT2D eigenvalue weighted by atomic mass is 32.2. The van der Waals surface area contributed by atoms with E-state index in [1.54, 1.807) is 18.2 Å². The van der Waals surface area contributed by atoms with Crippen molar-refractivity contribution in [2.75, 3.05) is 31.8 Å². The number of ether oxygens (including phenoxy) is 1. The maximum Gasteiger partial charge on any atom is 0.227 e. The maximum absolute atomic E-state index is 13.0. The number of pyridine rings is 1. The molecule has 2 heterocycles. The average Bonchev–Trinajstić information content (AvgIpc) is 2.98. The number of amides is 1. The van der Waals surface area contributed by atoms with Crippen molar-refractivity contribution < 1.29 is 17.9 Å². The van der Waals surface area contributed by atoms with Crippen molar-refractivity contribution in [3.05, 3.63) is 42.1 Å². The number of carbonyl (C=O) groups is 1. The van der Waals surface area contributed by atoms with Crippen LogP contribution in [0.2, 0.25) is 0 Å². The molecule has 0 saturated carbocycles. The summed E-state index contributed by atoms with van der Waals surface area (Å²) in [6.45, 7) is 1.05. The quantitative estimate of drug-likeness (QED) is 0.689.